The number of furan rings is 1. The highest BCUT2D eigenvalue weighted by atomic mass is 16.3. The molecule has 2 nitrogen and oxygen atoms in total. The summed E-state index contributed by atoms with van der Waals surface area (Å²) in [4.78, 5) is 0. The summed E-state index contributed by atoms with van der Waals surface area (Å²) in [6, 6.07) is 4.65. The molecule has 96 valence electrons. The zero-order chi connectivity index (χ0) is 12.1. The first kappa shape index (κ1) is 12.7. The highest BCUT2D eigenvalue weighted by Gasteiger charge is 2.25. The summed E-state index contributed by atoms with van der Waals surface area (Å²) in [7, 11) is 0. The monoisotopic (exact) mass is 235 g/mol. The lowest BCUT2D eigenvalue weighted by molar-refractivity contribution is 0.284. The van der Waals surface area contributed by atoms with Crippen LogP contribution in [0.4, 0.5) is 0 Å². The van der Waals surface area contributed by atoms with Gasteiger partial charge in [0.05, 0.1) is 6.04 Å². The summed E-state index contributed by atoms with van der Waals surface area (Å²) in [6.45, 7) is 5.22. The van der Waals surface area contributed by atoms with Gasteiger partial charge in [0.15, 0.2) is 0 Å². The molecule has 1 fully saturated rings. The summed E-state index contributed by atoms with van der Waals surface area (Å²) in [5.74, 6) is 2.91. The van der Waals surface area contributed by atoms with Gasteiger partial charge in [0.25, 0.3) is 0 Å². The molecule has 1 aromatic heterocycles. The molecule has 1 N–H and O–H groups in total. The van der Waals surface area contributed by atoms with Gasteiger partial charge in [-0.2, -0.15) is 0 Å². The molecule has 1 saturated carbocycles. The quantitative estimate of drug-likeness (QED) is 0.791. The number of hydrogen-bond acceptors (Lipinski definition) is 2. The van der Waals surface area contributed by atoms with E-state index >= 15 is 0 Å². The molecule has 2 heteroatoms. The maximum absolute atomic E-state index is 5.83. The number of hydrogen-bond donors (Lipinski definition) is 1. The van der Waals surface area contributed by atoms with Crippen LogP contribution in [-0.4, -0.2) is 6.54 Å². The van der Waals surface area contributed by atoms with Crippen molar-refractivity contribution in [3.05, 3.63) is 23.7 Å². The van der Waals surface area contributed by atoms with Gasteiger partial charge in [-0.15, -0.1) is 0 Å². The Bertz CT molecular complexity index is 323. The van der Waals surface area contributed by atoms with Crippen LogP contribution in [0.1, 0.15) is 63.0 Å². The molecule has 1 atom stereocenters. The average Bonchev–Trinajstić information content (AvgIpc) is 2.60. The average molecular weight is 235 g/mol. The molecule has 1 aliphatic rings. The maximum Gasteiger partial charge on any atom is 0.121 e. The van der Waals surface area contributed by atoms with Gasteiger partial charge < -0.3 is 9.73 Å². The van der Waals surface area contributed by atoms with E-state index in [0.717, 1.165) is 24.0 Å². The van der Waals surface area contributed by atoms with E-state index in [9.17, 15) is 0 Å². The predicted octanol–water partition coefficient (Wildman–Crippen LogP) is 4.21. The van der Waals surface area contributed by atoms with E-state index in [1.807, 2.05) is 6.92 Å². The third-order valence-electron chi connectivity index (χ3n) is 3.86. The lowest BCUT2D eigenvalue weighted by Gasteiger charge is -2.25. The fourth-order valence-corrected chi connectivity index (χ4v) is 2.98. The third kappa shape index (κ3) is 3.35. The van der Waals surface area contributed by atoms with Crippen molar-refractivity contribution in [2.24, 2.45) is 5.92 Å². The van der Waals surface area contributed by atoms with Crippen LogP contribution in [0.15, 0.2) is 16.5 Å². The van der Waals surface area contributed by atoms with Crippen LogP contribution in [0.25, 0.3) is 0 Å². The molecule has 1 heterocycles. The highest BCUT2D eigenvalue weighted by molar-refractivity contribution is 5.11. The second kappa shape index (κ2) is 6.25. The van der Waals surface area contributed by atoms with Gasteiger partial charge in [0.2, 0.25) is 0 Å². The van der Waals surface area contributed by atoms with Gasteiger partial charge in [-0.05, 0) is 44.4 Å². The summed E-state index contributed by atoms with van der Waals surface area (Å²) < 4.78 is 5.83. The van der Waals surface area contributed by atoms with Crippen LogP contribution < -0.4 is 5.32 Å². The lowest BCUT2D eigenvalue weighted by atomic mass is 9.90. The summed E-state index contributed by atoms with van der Waals surface area (Å²) in [5, 5.41) is 3.62. The van der Waals surface area contributed by atoms with Crippen molar-refractivity contribution in [1.82, 2.24) is 5.32 Å². The molecule has 0 spiro atoms. The Balaban J connectivity index is 2.09. The number of aryl methyl sites for hydroxylation is 1. The molecule has 1 aromatic rings. The van der Waals surface area contributed by atoms with Crippen LogP contribution in [0, 0.1) is 12.8 Å². The number of nitrogens with one attached hydrogen (secondary N) is 1. The van der Waals surface area contributed by atoms with Crippen molar-refractivity contribution in [3.63, 3.8) is 0 Å². The highest BCUT2D eigenvalue weighted by Crippen LogP contribution is 2.34. The van der Waals surface area contributed by atoms with Crippen LogP contribution in [0.2, 0.25) is 0 Å². The minimum absolute atomic E-state index is 0.423. The molecule has 0 saturated heterocycles. The first-order valence-electron chi connectivity index (χ1n) is 7.11. The molecule has 1 unspecified atom stereocenters. The molecular formula is C15H25NO. The van der Waals surface area contributed by atoms with Crippen LogP contribution in [0.5, 0.6) is 0 Å². The Morgan fingerprint density at radius 2 is 1.94 bits per heavy atom. The minimum atomic E-state index is 0.423. The molecule has 1 aliphatic carbocycles. The van der Waals surface area contributed by atoms with E-state index in [1.54, 1.807) is 0 Å². The van der Waals surface area contributed by atoms with E-state index in [-0.39, 0.29) is 0 Å². The summed E-state index contributed by atoms with van der Waals surface area (Å²) >= 11 is 0. The van der Waals surface area contributed by atoms with E-state index in [2.05, 4.69) is 24.4 Å². The van der Waals surface area contributed by atoms with E-state index < -0.39 is 0 Å². The molecule has 2 rings (SSSR count). The Morgan fingerprint density at radius 3 is 2.47 bits per heavy atom. The lowest BCUT2D eigenvalue weighted by Crippen LogP contribution is -2.27. The zero-order valence-corrected chi connectivity index (χ0v) is 11.2. The fraction of sp³-hybridized carbons (Fsp3) is 0.733. The SMILES string of the molecule is CCNC(c1ccc(C)o1)C1CCCCCC1. The second-order valence-corrected chi connectivity index (χ2v) is 5.24. The van der Waals surface area contributed by atoms with E-state index in [0.29, 0.717) is 6.04 Å². The van der Waals surface area contributed by atoms with Crippen molar-refractivity contribution in [2.75, 3.05) is 6.54 Å². The van der Waals surface area contributed by atoms with Gasteiger partial charge >= 0.3 is 0 Å². The van der Waals surface area contributed by atoms with Crippen molar-refractivity contribution >= 4 is 0 Å². The van der Waals surface area contributed by atoms with Crippen molar-refractivity contribution in [3.8, 4) is 0 Å². The summed E-state index contributed by atoms with van der Waals surface area (Å²) in [6.07, 6.45) is 8.27. The Morgan fingerprint density at radius 1 is 1.24 bits per heavy atom. The largest absolute Gasteiger partial charge is 0.465 e. The van der Waals surface area contributed by atoms with Gasteiger partial charge in [-0.1, -0.05) is 32.6 Å². The number of rotatable bonds is 4. The molecule has 0 bridgehead atoms. The van der Waals surface area contributed by atoms with Gasteiger partial charge in [-0.3, -0.25) is 0 Å². The minimum Gasteiger partial charge on any atom is -0.465 e. The molecular weight excluding hydrogens is 210 g/mol. The molecule has 0 aromatic carbocycles. The van der Waals surface area contributed by atoms with Gasteiger partial charge in [0, 0.05) is 0 Å². The molecule has 17 heavy (non-hydrogen) atoms. The zero-order valence-electron chi connectivity index (χ0n) is 11.2. The van der Waals surface area contributed by atoms with E-state index in [1.165, 1.54) is 38.5 Å². The van der Waals surface area contributed by atoms with Crippen LogP contribution >= 0.6 is 0 Å². The Labute approximate surface area is 105 Å². The van der Waals surface area contributed by atoms with Crippen molar-refractivity contribution in [1.29, 1.82) is 0 Å². The standard InChI is InChI=1S/C15H25NO/c1-3-16-15(14-11-10-12(2)17-14)13-8-6-4-5-7-9-13/h10-11,13,15-16H,3-9H2,1-2H3. The predicted molar refractivity (Wildman–Crippen MR) is 71.1 cm³/mol. The van der Waals surface area contributed by atoms with Crippen LogP contribution in [0.3, 0.4) is 0 Å². The van der Waals surface area contributed by atoms with Crippen molar-refractivity contribution < 1.29 is 4.42 Å². The third-order valence-corrected chi connectivity index (χ3v) is 3.86. The normalized spacial score (nSPS) is 20.1. The molecule has 0 amide bonds. The molecule has 0 radical (unpaired) electrons. The second-order valence-electron chi connectivity index (χ2n) is 5.24. The maximum atomic E-state index is 5.83. The Kier molecular flexibility index (Phi) is 4.66. The molecule has 0 aliphatic heterocycles. The first-order valence-corrected chi connectivity index (χ1v) is 7.11. The Hall–Kier alpha value is -0.760. The van der Waals surface area contributed by atoms with Gasteiger partial charge in [-0.25, -0.2) is 0 Å². The van der Waals surface area contributed by atoms with Crippen LogP contribution in [-0.2, 0) is 0 Å². The fourth-order valence-electron chi connectivity index (χ4n) is 2.98. The van der Waals surface area contributed by atoms with Crippen molar-refractivity contribution in [2.45, 2.75) is 58.4 Å². The van der Waals surface area contributed by atoms with E-state index in [4.69, 9.17) is 4.42 Å². The topological polar surface area (TPSA) is 25.2 Å². The smallest absolute Gasteiger partial charge is 0.121 e. The van der Waals surface area contributed by atoms with Gasteiger partial charge in [0.1, 0.15) is 11.5 Å². The summed E-state index contributed by atoms with van der Waals surface area (Å²) in [5.41, 5.74) is 0. The first-order chi connectivity index (χ1) is 8.31.